The number of nitrogens with one attached hydrogen (secondary N) is 1. The summed E-state index contributed by atoms with van der Waals surface area (Å²) in [7, 11) is 1.62. The van der Waals surface area contributed by atoms with Gasteiger partial charge in [0.05, 0.1) is 7.11 Å². The van der Waals surface area contributed by atoms with E-state index in [1.807, 2.05) is 12.1 Å². The van der Waals surface area contributed by atoms with Crippen molar-refractivity contribution in [1.29, 1.82) is 0 Å². The molecule has 6 rings (SSSR count). The number of rotatable bonds is 5. The highest BCUT2D eigenvalue weighted by molar-refractivity contribution is 5.49. The number of benzene rings is 1. The largest absolute Gasteiger partial charge is 0.481 e. The SMILES string of the molecule is COc1cc(N2C[C@H]3CC[C@@H](C2)[C@@H]3Nc2nc3n(n2)CCCCC3c2ccc(F)c(F)c2F)ccn1. The Morgan fingerprint density at radius 1 is 1.00 bits per heavy atom. The molecule has 2 aromatic heterocycles. The number of halogens is 3. The highest BCUT2D eigenvalue weighted by atomic mass is 19.2. The van der Waals surface area contributed by atoms with Crippen molar-refractivity contribution < 1.29 is 17.9 Å². The molecule has 4 heterocycles. The molecule has 3 aromatic rings. The van der Waals surface area contributed by atoms with Gasteiger partial charge in [0, 0.05) is 55.1 Å². The summed E-state index contributed by atoms with van der Waals surface area (Å²) in [6.45, 7) is 2.50. The first kappa shape index (κ1) is 23.1. The number of hydrogen-bond donors (Lipinski definition) is 1. The van der Waals surface area contributed by atoms with Gasteiger partial charge in [0.2, 0.25) is 11.8 Å². The van der Waals surface area contributed by atoms with Gasteiger partial charge in [0.25, 0.3) is 0 Å². The number of piperidine rings is 1. The van der Waals surface area contributed by atoms with E-state index in [2.05, 4.69) is 15.2 Å². The molecular formula is C26H29F3N6O. The van der Waals surface area contributed by atoms with Crippen LogP contribution in [0.2, 0.25) is 0 Å². The Kier molecular flexibility index (Phi) is 5.97. The average Bonchev–Trinajstić information content (AvgIpc) is 3.30. The van der Waals surface area contributed by atoms with E-state index in [-0.39, 0.29) is 11.6 Å². The van der Waals surface area contributed by atoms with Crippen molar-refractivity contribution in [2.75, 3.05) is 30.4 Å². The van der Waals surface area contributed by atoms with Crippen LogP contribution in [-0.4, -0.2) is 46.0 Å². The summed E-state index contributed by atoms with van der Waals surface area (Å²) in [6, 6.07) is 6.55. The fourth-order valence-corrected chi connectivity index (χ4v) is 6.21. The molecule has 10 heteroatoms. The molecule has 2 aliphatic heterocycles. The van der Waals surface area contributed by atoms with Crippen LogP contribution >= 0.6 is 0 Å². The Bertz CT molecular complexity index is 1250. The lowest BCUT2D eigenvalue weighted by Crippen LogP contribution is -2.48. The van der Waals surface area contributed by atoms with Crippen molar-refractivity contribution in [3.05, 3.63) is 59.3 Å². The number of anilines is 2. The second-order valence-corrected chi connectivity index (χ2v) is 10.1. The minimum atomic E-state index is -1.43. The second-order valence-electron chi connectivity index (χ2n) is 10.1. The fraction of sp³-hybridized carbons (Fsp3) is 0.500. The van der Waals surface area contributed by atoms with Crippen molar-refractivity contribution in [3.63, 3.8) is 0 Å². The molecule has 4 atom stereocenters. The quantitative estimate of drug-likeness (QED) is 0.513. The van der Waals surface area contributed by atoms with E-state index in [0.29, 0.717) is 42.5 Å². The van der Waals surface area contributed by atoms with Crippen LogP contribution in [0.25, 0.3) is 0 Å². The third-order valence-corrected chi connectivity index (χ3v) is 7.99. The minimum absolute atomic E-state index is 0.136. The van der Waals surface area contributed by atoms with Crippen LogP contribution < -0.4 is 15.0 Å². The first-order valence-corrected chi connectivity index (χ1v) is 12.6. The lowest BCUT2D eigenvalue weighted by atomic mass is 9.92. The molecule has 1 saturated carbocycles. The zero-order valence-corrected chi connectivity index (χ0v) is 20.1. The monoisotopic (exact) mass is 498 g/mol. The highest BCUT2D eigenvalue weighted by Gasteiger charge is 2.43. The molecule has 1 aromatic carbocycles. The molecule has 3 aliphatic rings. The maximum Gasteiger partial charge on any atom is 0.242 e. The van der Waals surface area contributed by atoms with Crippen molar-refractivity contribution in [3.8, 4) is 5.88 Å². The molecule has 1 unspecified atom stereocenters. The summed E-state index contributed by atoms with van der Waals surface area (Å²) in [6.07, 6.45) is 6.33. The summed E-state index contributed by atoms with van der Waals surface area (Å²) >= 11 is 0. The van der Waals surface area contributed by atoms with Crippen LogP contribution in [-0.2, 0) is 6.54 Å². The summed E-state index contributed by atoms with van der Waals surface area (Å²) in [5, 5.41) is 8.30. The standard InChI is InChI=1S/C26H29F3N6O/c1-36-21-12-17(9-10-30-21)34-13-15-5-6-16(14-34)24(15)31-26-32-25-19(4-2-3-11-35(25)33-26)18-7-8-20(27)23(29)22(18)28/h7-10,12,15-16,19,24H,2-6,11,13-14H2,1H3,(H,31,33)/t15-,16+,19?,24-. The Hall–Kier alpha value is -3.30. The third-order valence-electron chi connectivity index (χ3n) is 7.99. The Morgan fingerprint density at radius 2 is 1.81 bits per heavy atom. The van der Waals surface area contributed by atoms with Gasteiger partial charge in [-0.2, -0.15) is 4.98 Å². The number of nitrogens with zero attached hydrogens (tertiary/aromatic N) is 5. The van der Waals surface area contributed by atoms with Crippen molar-refractivity contribution in [1.82, 2.24) is 19.7 Å². The van der Waals surface area contributed by atoms with Crippen LogP contribution in [0.1, 0.15) is 49.4 Å². The summed E-state index contributed by atoms with van der Waals surface area (Å²) in [4.78, 5) is 11.4. The normalized spacial score (nSPS) is 25.4. The molecule has 2 fully saturated rings. The van der Waals surface area contributed by atoms with Crippen molar-refractivity contribution in [2.45, 2.75) is 50.6 Å². The summed E-state index contributed by atoms with van der Waals surface area (Å²) in [5.74, 6) is -1.60. The Labute approximate surface area is 207 Å². The molecule has 0 radical (unpaired) electrons. The predicted octanol–water partition coefficient (Wildman–Crippen LogP) is 4.74. The van der Waals surface area contributed by atoms with Gasteiger partial charge in [-0.15, -0.1) is 5.10 Å². The molecule has 0 spiro atoms. The molecule has 36 heavy (non-hydrogen) atoms. The predicted molar refractivity (Wildman–Crippen MR) is 129 cm³/mol. The third kappa shape index (κ3) is 4.06. The van der Waals surface area contributed by atoms with Crippen LogP contribution in [0.3, 0.4) is 0 Å². The van der Waals surface area contributed by atoms with Gasteiger partial charge in [-0.25, -0.2) is 22.8 Å². The molecule has 1 aliphatic carbocycles. The smallest absolute Gasteiger partial charge is 0.242 e. The Balaban J connectivity index is 1.23. The van der Waals surface area contributed by atoms with Gasteiger partial charge in [0.1, 0.15) is 5.82 Å². The van der Waals surface area contributed by atoms with E-state index >= 15 is 0 Å². The Morgan fingerprint density at radius 3 is 2.58 bits per heavy atom. The lowest BCUT2D eigenvalue weighted by molar-refractivity contribution is 0.374. The zero-order valence-electron chi connectivity index (χ0n) is 20.1. The van der Waals surface area contributed by atoms with Gasteiger partial charge in [0.15, 0.2) is 17.5 Å². The number of ether oxygens (including phenoxy) is 1. The fourth-order valence-electron chi connectivity index (χ4n) is 6.21. The number of aromatic nitrogens is 4. The molecule has 2 bridgehead atoms. The van der Waals surface area contributed by atoms with E-state index in [4.69, 9.17) is 14.8 Å². The van der Waals surface area contributed by atoms with Crippen LogP contribution in [0, 0.1) is 29.3 Å². The van der Waals surface area contributed by atoms with Crippen LogP contribution in [0.4, 0.5) is 24.8 Å². The molecule has 1 saturated heterocycles. The lowest BCUT2D eigenvalue weighted by Gasteiger charge is -2.39. The van der Waals surface area contributed by atoms with Gasteiger partial charge in [-0.05, 0) is 49.7 Å². The van der Waals surface area contributed by atoms with Crippen molar-refractivity contribution in [2.24, 2.45) is 11.8 Å². The number of pyridine rings is 1. The first-order valence-electron chi connectivity index (χ1n) is 12.6. The van der Waals surface area contributed by atoms with Crippen LogP contribution in [0.5, 0.6) is 5.88 Å². The van der Waals surface area contributed by atoms with Gasteiger partial charge in [-0.1, -0.05) is 12.5 Å². The number of fused-ring (bicyclic) bond motifs is 3. The molecule has 7 nitrogen and oxygen atoms in total. The van der Waals surface area contributed by atoms with E-state index in [1.54, 1.807) is 18.0 Å². The number of aryl methyl sites for hydroxylation is 1. The highest BCUT2D eigenvalue weighted by Crippen LogP contribution is 2.41. The maximum atomic E-state index is 14.7. The van der Waals surface area contributed by atoms with E-state index in [0.717, 1.165) is 50.5 Å². The first-order chi connectivity index (χ1) is 17.5. The van der Waals surface area contributed by atoms with Gasteiger partial charge >= 0.3 is 0 Å². The maximum absolute atomic E-state index is 14.7. The second kappa shape index (κ2) is 9.29. The van der Waals surface area contributed by atoms with E-state index in [9.17, 15) is 13.2 Å². The topological polar surface area (TPSA) is 68.1 Å². The molecule has 0 amide bonds. The van der Waals surface area contributed by atoms with Gasteiger partial charge < -0.3 is 15.0 Å². The van der Waals surface area contributed by atoms with E-state index in [1.165, 1.54) is 6.07 Å². The number of methoxy groups -OCH3 is 1. The average molecular weight is 499 g/mol. The van der Waals surface area contributed by atoms with Crippen LogP contribution in [0.15, 0.2) is 30.5 Å². The minimum Gasteiger partial charge on any atom is -0.481 e. The molecule has 1 N–H and O–H groups in total. The summed E-state index contributed by atoms with van der Waals surface area (Å²) < 4.78 is 49.3. The summed E-state index contributed by atoms with van der Waals surface area (Å²) in [5.41, 5.74) is 1.25. The van der Waals surface area contributed by atoms with E-state index < -0.39 is 23.4 Å². The number of hydrogen-bond acceptors (Lipinski definition) is 6. The van der Waals surface area contributed by atoms with Crippen molar-refractivity contribution >= 4 is 11.6 Å². The zero-order chi connectivity index (χ0) is 24.8. The molecular weight excluding hydrogens is 469 g/mol. The van der Waals surface area contributed by atoms with Gasteiger partial charge in [-0.3, -0.25) is 0 Å². The molecule has 190 valence electrons.